The summed E-state index contributed by atoms with van der Waals surface area (Å²) in [6.07, 6.45) is 9.38. The molecule has 19 heavy (non-hydrogen) atoms. The second-order valence-electron chi connectivity index (χ2n) is 6.32. The van der Waals surface area contributed by atoms with Gasteiger partial charge in [-0.1, -0.05) is 51.3 Å². The van der Waals surface area contributed by atoms with Crippen molar-refractivity contribution >= 4 is 0 Å². The third-order valence-electron chi connectivity index (χ3n) is 4.20. The maximum Gasteiger partial charge on any atom is 0.0211 e. The van der Waals surface area contributed by atoms with Gasteiger partial charge in [-0.2, -0.15) is 0 Å². The van der Waals surface area contributed by atoms with Gasteiger partial charge in [-0.3, -0.25) is 0 Å². The van der Waals surface area contributed by atoms with Crippen LogP contribution in [0.25, 0.3) is 0 Å². The predicted octanol–water partition coefficient (Wildman–Crippen LogP) is 4.50. The minimum Gasteiger partial charge on any atom is -0.310 e. The molecule has 1 N–H and O–H groups in total. The Morgan fingerprint density at radius 1 is 1.26 bits per heavy atom. The number of hydrogen-bond acceptors (Lipinski definition) is 1. The fraction of sp³-hybridized carbons (Fsp3) is 0.667. The maximum absolute atomic E-state index is 3.75. The second-order valence-corrected chi connectivity index (χ2v) is 6.32. The van der Waals surface area contributed by atoms with Gasteiger partial charge in [-0.15, -0.1) is 0 Å². The molecule has 0 saturated heterocycles. The zero-order valence-corrected chi connectivity index (χ0v) is 12.5. The van der Waals surface area contributed by atoms with Crippen molar-refractivity contribution in [3.8, 4) is 0 Å². The van der Waals surface area contributed by atoms with Crippen LogP contribution in [0, 0.1) is 12.0 Å². The van der Waals surface area contributed by atoms with Gasteiger partial charge in [0.15, 0.2) is 0 Å². The molecule has 1 aliphatic rings. The van der Waals surface area contributed by atoms with Crippen molar-refractivity contribution in [1.82, 2.24) is 5.32 Å². The van der Waals surface area contributed by atoms with Crippen LogP contribution in [-0.2, 0) is 13.0 Å². The van der Waals surface area contributed by atoms with Crippen LogP contribution in [0.1, 0.15) is 63.5 Å². The van der Waals surface area contributed by atoms with Crippen LogP contribution < -0.4 is 5.32 Å². The summed E-state index contributed by atoms with van der Waals surface area (Å²) < 4.78 is 0. The van der Waals surface area contributed by atoms with Gasteiger partial charge in [0.25, 0.3) is 0 Å². The minimum absolute atomic E-state index is 0.743. The van der Waals surface area contributed by atoms with Crippen molar-refractivity contribution in [2.75, 3.05) is 0 Å². The molecule has 0 aromatic heterocycles. The van der Waals surface area contributed by atoms with E-state index in [1.54, 1.807) is 0 Å². The molecule has 0 bridgehead atoms. The molecule has 1 heteroatoms. The van der Waals surface area contributed by atoms with Crippen LogP contribution in [0.2, 0.25) is 0 Å². The highest BCUT2D eigenvalue weighted by atomic mass is 14.9. The number of hydrogen-bond donors (Lipinski definition) is 1. The highest BCUT2D eigenvalue weighted by molar-refractivity contribution is 5.26. The fourth-order valence-corrected chi connectivity index (χ4v) is 2.90. The van der Waals surface area contributed by atoms with Crippen molar-refractivity contribution in [2.24, 2.45) is 5.92 Å². The van der Waals surface area contributed by atoms with Crippen molar-refractivity contribution < 1.29 is 0 Å². The number of nitrogens with one attached hydrogen (secondary N) is 1. The molecular weight excluding hydrogens is 230 g/mol. The van der Waals surface area contributed by atoms with E-state index in [4.69, 9.17) is 0 Å². The molecule has 0 spiro atoms. The van der Waals surface area contributed by atoms with Gasteiger partial charge in [0.2, 0.25) is 0 Å². The zero-order valence-electron chi connectivity index (χ0n) is 12.5. The molecule has 1 aromatic rings. The third-order valence-corrected chi connectivity index (χ3v) is 4.20. The van der Waals surface area contributed by atoms with Crippen LogP contribution >= 0.6 is 0 Å². The molecule has 0 atom stereocenters. The summed E-state index contributed by atoms with van der Waals surface area (Å²) in [5.41, 5.74) is 2.87. The Labute approximate surface area is 118 Å². The van der Waals surface area contributed by atoms with E-state index < -0.39 is 0 Å². The zero-order chi connectivity index (χ0) is 13.5. The summed E-state index contributed by atoms with van der Waals surface area (Å²) in [4.78, 5) is 0. The Morgan fingerprint density at radius 2 is 2.05 bits per heavy atom. The van der Waals surface area contributed by atoms with Crippen LogP contribution in [0.5, 0.6) is 0 Å². The lowest BCUT2D eigenvalue weighted by Crippen LogP contribution is -2.30. The molecule has 1 saturated carbocycles. The Balaban J connectivity index is 1.87. The van der Waals surface area contributed by atoms with Gasteiger partial charge in [-0.25, -0.2) is 0 Å². The van der Waals surface area contributed by atoms with Crippen LogP contribution in [0.4, 0.5) is 0 Å². The molecule has 1 radical (unpaired) electrons. The van der Waals surface area contributed by atoms with Crippen LogP contribution in [0.3, 0.4) is 0 Å². The highest BCUT2D eigenvalue weighted by Gasteiger charge is 2.13. The summed E-state index contributed by atoms with van der Waals surface area (Å²) in [5, 5.41) is 3.75. The highest BCUT2D eigenvalue weighted by Crippen LogP contribution is 2.19. The standard InChI is InChI=1S/C18H28N/c1-15(2)12-13-16-8-6-7-9-17(16)14-19-18-10-4-3-5-11-18/h6-7,9,15,18-19H,3-5,10-14H2,1-2H3. The predicted molar refractivity (Wildman–Crippen MR) is 82.1 cm³/mol. The smallest absolute Gasteiger partial charge is 0.0211 e. The average molecular weight is 258 g/mol. The first-order valence-electron chi connectivity index (χ1n) is 7.97. The van der Waals surface area contributed by atoms with Gasteiger partial charge >= 0.3 is 0 Å². The van der Waals surface area contributed by atoms with E-state index in [0.717, 1.165) is 18.5 Å². The lowest BCUT2D eigenvalue weighted by Gasteiger charge is -2.23. The molecule has 1 fully saturated rings. The van der Waals surface area contributed by atoms with Gasteiger partial charge in [0, 0.05) is 12.6 Å². The van der Waals surface area contributed by atoms with E-state index in [2.05, 4.69) is 43.4 Å². The summed E-state index contributed by atoms with van der Waals surface area (Å²) in [6.45, 7) is 5.61. The van der Waals surface area contributed by atoms with Gasteiger partial charge in [-0.05, 0) is 48.8 Å². The van der Waals surface area contributed by atoms with E-state index in [1.807, 2.05) is 0 Å². The van der Waals surface area contributed by atoms with Gasteiger partial charge < -0.3 is 5.32 Å². The van der Waals surface area contributed by atoms with Crippen molar-refractivity contribution in [2.45, 2.75) is 71.4 Å². The summed E-state index contributed by atoms with van der Waals surface area (Å²) >= 11 is 0. The SMILES string of the molecule is CC(C)CCc1[c]cccc1CNC1CCCCC1. The molecule has 0 unspecified atom stereocenters. The van der Waals surface area contributed by atoms with E-state index in [1.165, 1.54) is 56.1 Å². The summed E-state index contributed by atoms with van der Waals surface area (Å²) in [7, 11) is 0. The van der Waals surface area contributed by atoms with E-state index in [-0.39, 0.29) is 0 Å². The first-order chi connectivity index (χ1) is 9.25. The number of aryl methyl sites for hydroxylation is 1. The monoisotopic (exact) mass is 258 g/mol. The molecule has 1 aliphatic carbocycles. The van der Waals surface area contributed by atoms with E-state index in [0.29, 0.717) is 0 Å². The molecule has 0 heterocycles. The molecular formula is C18H28N. The van der Waals surface area contributed by atoms with Crippen molar-refractivity contribution in [3.05, 3.63) is 35.4 Å². The Hall–Kier alpha value is -0.820. The molecule has 1 nitrogen and oxygen atoms in total. The van der Waals surface area contributed by atoms with Crippen molar-refractivity contribution in [3.63, 3.8) is 0 Å². The average Bonchev–Trinajstić information content (AvgIpc) is 2.45. The Morgan fingerprint density at radius 3 is 2.79 bits per heavy atom. The molecule has 0 aliphatic heterocycles. The lowest BCUT2D eigenvalue weighted by molar-refractivity contribution is 0.372. The summed E-state index contributed by atoms with van der Waals surface area (Å²) in [6, 6.07) is 10.6. The Bertz CT molecular complexity index is 364. The molecule has 0 amide bonds. The largest absolute Gasteiger partial charge is 0.310 e. The second kappa shape index (κ2) is 7.69. The molecule has 1 aromatic carbocycles. The lowest BCUT2D eigenvalue weighted by atomic mass is 9.94. The maximum atomic E-state index is 3.75. The normalized spacial score (nSPS) is 17.0. The van der Waals surface area contributed by atoms with Gasteiger partial charge in [0.1, 0.15) is 0 Å². The quantitative estimate of drug-likeness (QED) is 0.792. The van der Waals surface area contributed by atoms with Gasteiger partial charge in [0.05, 0.1) is 0 Å². The number of rotatable bonds is 6. The van der Waals surface area contributed by atoms with E-state index in [9.17, 15) is 0 Å². The minimum atomic E-state index is 0.743. The Kier molecular flexibility index (Phi) is 5.91. The molecule has 2 rings (SSSR count). The first kappa shape index (κ1) is 14.6. The van der Waals surface area contributed by atoms with Crippen LogP contribution in [0.15, 0.2) is 18.2 Å². The van der Waals surface area contributed by atoms with Crippen molar-refractivity contribution in [1.29, 1.82) is 0 Å². The van der Waals surface area contributed by atoms with E-state index >= 15 is 0 Å². The van der Waals surface area contributed by atoms with Crippen LogP contribution in [-0.4, -0.2) is 6.04 Å². The fourth-order valence-electron chi connectivity index (χ4n) is 2.90. The topological polar surface area (TPSA) is 12.0 Å². The third kappa shape index (κ3) is 4.99. The summed E-state index contributed by atoms with van der Waals surface area (Å²) in [5.74, 6) is 0.771. The molecule has 105 valence electrons. The number of benzene rings is 1. The first-order valence-corrected chi connectivity index (χ1v) is 7.97.